The maximum atomic E-state index is 12.6. The van der Waals surface area contributed by atoms with Gasteiger partial charge in [0, 0.05) is 13.1 Å². The quantitative estimate of drug-likeness (QED) is 0.910. The molecule has 1 N–H and O–H groups in total. The predicted molar refractivity (Wildman–Crippen MR) is 83.8 cm³/mol. The van der Waals surface area contributed by atoms with Crippen LogP contribution in [-0.4, -0.2) is 39.4 Å². The molecule has 2 rings (SSSR count). The Balaban J connectivity index is 0.00000220. The van der Waals surface area contributed by atoms with Crippen LogP contribution in [0.25, 0.3) is 0 Å². The molecule has 0 aromatic heterocycles. The fourth-order valence-corrected chi connectivity index (χ4v) is 4.18. The van der Waals surface area contributed by atoms with Crippen LogP contribution in [0.1, 0.15) is 18.4 Å². The summed E-state index contributed by atoms with van der Waals surface area (Å²) in [5.74, 6) is 0.350. The monoisotopic (exact) mass is 329 g/mol. The van der Waals surface area contributed by atoms with E-state index in [0.717, 1.165) is 19.4 Å². The molecule has 0 radical (unpaired) electrons. The highest BCUT2D eigenvalue weighted by atomic mass is 35.5. The summed E-state index contributed by atoms with van der Waals surface area (Å²) in [4.78, 5) is 0.210. The summed E-state index contributed by atoms with van der Waals surface area (Å²) in [5.41, 5.74) is 0.370. The number of rotatable bonds is 4. The molecule has 21 heavy (non-hydrogen) atoms. The molecule has 1 atom stereocenters. The van der Waals surface area contributed by atoms with Crippen molar-refractivity contribution in [2.24, 2.45) is 5.92 Å². The van der Waals surface area contributed by atoms with Crippen molar-refractivity contribution < 1.29 is 8.42 Å². The van der Waals surface area contributed by atoms with Crippen molar-refractivity contribution >= 4 is 22.4 Å². The van der Waals surface area contributed by atoms with Gasteiger partial charge >= 0.3 is 0 Å². The number of piperidine rings is 1. The summed E-state index contributed by atoms with van der Waals surface area (Å²) in [6.07, 6.45) is 1.93. The molecule has 1 aromatic rings. The van der Waals surface area contributed by atoms with E-state index in [1.165, 1.54) is 10.4 Å². The zero-order valence-corrected chi connectivity index (χ0v) is 13.6. The Morgan fingerprint density at radius 2 is 2.24 bits per heavy atom. The standard InChI is InChI=1S/C14H19N3O2S.ClH/c1-16-10-13-5-3-7-17(11-13)20(18,19)14-6-2-4-12(8-14)9-15;/h2,4,6,8,13,16H,3,5,7,10-11H2,1H3;1H. The number of nitriles is 1. The average Bonchev–Trinajstić information content (AvgIpc) is 2.48. The SMILES string of the molecule is CNCC1CCCN(S(=O)(=O)c2cccc(C#N)c2)C1.Cl. The lowest BCUT2D eigenvalue weighted by atomic mass is 10.00. The van der Waals surface area contributed by atoms with Crippen LogP contribution in [0.3, 0.4) is 0 Å². The van der Waals surface area contributed by atoms with Crippen LogP contribution in [0.2, 0.25) is 0 Å². The Bertz CT molecular complexity index is 611. The minimum Gasteiger partial charge on any atom is -0.319 e. The third-order valence-corrected chi connectivity index (χ3v) is 5.44. The van der Waals surface area contributed by atoms with Crippen molar-refractivity contribution in [2.75, 3.05) is 26.7 Å². The van der Waals surface area contributed by atoms with Gasteiger partial charge in [-0.1, -0.05) is 6.07 Å². The largest absolute Gasteiger partial charge is 0.319 e. The summed E-state index contributed by atoms with van der Waals surface area (Å²) < 4.78 is 26.7. The van der Waals surface area contributed by atoms with E-state index in [9.17, 15) is 8.42 Å². The van der Waals surface area contributed by atoms with Crippen LogP contribution in [0.5, 0.6) is 0 Å². The van der Waals surface area contributed by atoms with Crippen LogP contribution in [0, 0.1) is 17.2 Å². The van der Waals surface area contributed by atoms with Crippen molar-refractivity contribution in [2.45, 2.75) is 17.7 Å². The molecule has 1 unspecified atom stereocenters. The molecule has 0 bridgehead atoms. The molecule has 0 spiro atoms. The summed E-state index contributed by atoms with van der Waals surface area (Å²) >= 11 is 0. The molecule has 0 amide bonds. The zero-order valence-electron chi connectivity index (χ0n) is 11.9. The first-order valence-corrected chi connectivity index (χ1v) is 8.17. The first-order chi connectivity index (χ1) is 9.57. The van der Waals surface area contributed by atoms with Crippen molar-refractivity contribution in [1.82, 2.24) is 9.62 Å². The maximum Gasteiger partial charge on any atom is 0.243 e. The molecule has 1 heterocycles. The van der Waals surface area contributed by atoms with Crippen LogP contribution >= 0.6 is 12.4 Å². The van der Waals surface area contributed by atoms with Gasteiger partial charge in [-0.05, 0) is 50.6 Å². The number of hydrogen-bond acceptors (Lipinski definition) is 4. The fraction of sp³-hybridized carbons (Fsp3) is 0.500. The van der Waals surface area contributed by atoms with Gasteiger partial charge in [0.25, 0.3) is 0 Å². The fourth-order valence-electron chi connectivity index (χ4n) is 2.58. The van der Waals surface area contributed by atoms with Crippen molar-refractivity contribution in [3.63, 3.8) is 0 Å². The zero-order chi connectivity index (χ0) is 14.6. The molecule has 1 aliphatic rings. The molecule has 1 saturated heterocycles. The number of sulfonamides is 1. The van der Waals surface area contributed by atoms with Crippen LogP contribution in [0.15, 0.2) is 29.2 Å². The van der Waals surface area contributed by atoms with E-state index in [1.54, 1.807) is 18.2 Å². The van der Waals surface area contributed by atoms with E-state index in [1.807, 2.05) is 13.1 Å². The lowest BCUT2D eigenvalue weighted by Crippen LogP contribution is -2.42. The van der Waals surface area contributed by atoms with Crippen LogP contribution < -0.4 is 5.32 Å². The number of nitrogens with one attached hydrogen (secondary N) is 1. The molecule has 0 aliphatic carbocycles. The third-order valence-electron chi connectivity index (χ3n) is 3.58. The Labute approximate surface area is 132 Å². The lowest BCUT2D eigenvalue weighted by Gasteiger charge is -2.31. The Hall–Kier alpha value is -1.13. The smallest absolute Gasteiger partial charge is 0.243 e. The van der Waals surface area contributed by atoms with Crippen molar-refractivity contribution in [1.29, 1.82) is 5.26 Å². The van der Waals surface area contributed by atoms with Gasteiger partial charge in [0.05, 0.1) is 16.5 Å². The topological polar surface area (TPSA) is 73.2 Å². The second-order valence-electron chi connectivity index (χ2n) is 5.07. The highest BCUT2D eigenvalue weighted by Crippen LogP contribution is 2.23. The normalized spacial score (nSPS) is 19.5. The molecular formula is C14H20ClN3O2S. The first kappa shape index (κ1) is 17.9. The number of nitrogens with zero attached hydrogens (tertiary/aromatic N) is 2. The highest BCUT2D eigenvalue weighted by Gasteiger charge is 2.29. The van der Waals surface area contributed by atoms with Crippen LogP contribution in [-0.2, 0) is 10.0 Å². The lowest BCUT2D eigenvalue weighted by molar-refractivity contribution is 0.263. The van der Waals surface area contributed by atoms with Gasteiger partial charge in [0.15, 0.2) is 0 Å². The van der Waals surface area contributed by atoms with Gasteiger partial charge in [-0.15, -0.1) is 12.4 Å². The van der Waals surface area contributed by atoms with Gasteiger partial charge in [0.2, 0.25) is 10.0 Å². The minimum atomic E-state index is -3.49. The van der Waals surface area contributed by atoms with Crippen LogP contribution in [0.4, 0.5) is 0 Å². The maximum absolute atomic E-state index is 12.6. The predicted octanol–water partition coefficient (Wildman–Crippen LogP) is 1.60. The summed E-state index contributed by atoms with van der Waals surface area (Å²) in [5, 5.41) is 12.0. The van der Waals surface area contributed by atoms with Gasteiger partial charge in [-0.2, -0.15) is 9.57 Å². The van der Waals surface area contributed by atoms with E-state index in [-0.39, 0.29) is 17.3 Å². The molecule has 0 saturated carbocycles. The molecular weight excluding hydrogens is 310 g/mol. The Morgan fingerprint density at radius 1 is 1.48 bits per heavy atom. The molecule has 116 valence electrons. The molecule has 1 aromatic carbocycles. The van der Waals surface area contributed by atoms with E-state index < -0.39 is 10.0 Å². The highest BCUT2D eigenvalue weighted by molar-refractivity contribution is 7.89. The van der Waals surface area contributed by atoms with Gasteiger partial charge < -0.3 is 5.32 Å². The number of halogens is 1. The molecule has 5 nitrogen and oxygen atoms in total. The van der Waals surface area contributed by atoms with E-state index >= 15 is 0 Å². The second kappa shape index (κ2) is 7.76. The summed E-state index contributed by atoms with van der Waals surface area (Å²) in [6.45, 7) is 1.92. The first-order valence-electron chi connectivity index (χ1n) is 6.73. The number of benzene rings is 1. The van der Waals surface area contributed by atoms with Gasteiger partial charge in [0.1, 0.15) is 0 Å². The molecule has 7 heteroatoms. The Kier molecular flexibility index (Phi) is 6.62. The van der Waals surface area contributed by atoms with Gasteiger partial charge in [-0.3, -0.25) is 0 Å². The van der Waals surface area contributed by atoms with Crippen molar-refractivity contribution in [3.8, 4) is 6.07 Å². The van der Waals surface area contributed by atoms with E-state index in [4.69, 9.17) is 5.26 Å². The van der Waals surface area contributed by atoms with E-state index in [0.29, 0.717) is 24.6 Å². The second-order valence-corrected chi connectivity index (χ2v) is 7.01. The van der Waals surface area contributed by atoms with Gasteiger partial charge in [-0.25, -0.2) is 8.42 Å². The van der Waals surface area contributed by atoms with E-state index in [2.05, 4.69) is 5.32 Å². The molecule has 1 aliphatic heterocycles. The summed E-state index contributed by atoms with van der Waals surface area (Å²) in [6, 6.07) is 8.20. The number of hydrogen-bond donors (Lipinski definition) is 1. The van der Waals surface area contributed by atoms with Crippen molar-refractivity contribution in [3.05, 3.63) is 29.8 Å². The summed E-state index contributed by atoms with van der Waals surface area (Å²) in [7, 11) is -1.61. The third kappa shape index (κ3) is 4.17. The minimum absolute atomic E-state index is 0. The average molecular weight is 330 g/mol. The Morgan fingerprint density at radius 3 is 2.90 bits per heavy atom. The molecule has 1 fully saturated rings.